The lowest BCUT2D eigenvalue weighted by Crippen LogP contribution is -2.28. The van der Waals surface area contributed by atoms with E-state index in [1.165, 1.54) is 5.56 Å². The summed E-state index contributed by atoms with van der Waals surface area (Å²) in [5, 5.41) is 4.61. The number of hydrogen-bond donors (Lipinski definition) is 0. The molecule has 3 aromatic rings. The van der Waals surface area contributed by atoms with Gasteiger partial charge in [0.25, 0.3) is 5.91 Å². The van der Waals surface area contributed by atoms with Crippen molar-refractivity contribution >= 4 is 23.2 Å². The highest BCUT2D eigenvalue weighted by Gasteiger charge is 2.28. The molecule has 1 aromatic heterocycles. The number of halogens is 1. The maximum Gasteiger partial charge on any atom is 0.263 e. The molecule has 0 saturated carbocycles. The van der Waals surface area contributed by atoms with Crippen LogP contribution in [0.4, 0.5) is 5.69 Å². The molecule has 2 heterocycles. The van der Waals surface area contributed by atoms with E-state index in [9.17, 15) is 4.79 Å². The number of amides is 1. The first-order valence-electron chi connectivity index (χ1n) is 7.44. The third-order valence-corrected chi connectivity index (χ3v) is 4.44. The Kier molecular flexibility index (Phi) is 3.39. The average molecular weight is 324 g/mol. The molecule has 0 atom stereocenters. The van der Waals surface area contributed by atoms with Gasteiger partial charge in [-0.1, -0.05) is 48.0 Å². The Morgan fingerprint density at radius 3 is 2.61 bits per heavy atom. The molecule has 4 nitrogen and oxygen atoms in total. The molecule has 0 spiro atoms. The van der Waals surface area contributed by atoms with Crippen LogP contribution in [0.2, 0.25) is 5.15 Å². The Labute approximate surface area is 138 Å². The van der Waals surface area contributed by atoms with Gasteiger partial charge in [-0.05, 0) is 30.2 Å². The lowest BCUT2D eigenvalue weighted by Gasteiger charge is -2.16. The first-order chi connectivity index (χ1) is 11.3. The maximum atomic E-state index is 12.9. The van der Waals surface area contributed by atoms with E-state index in [0.717, 1.165) is 17.8 Å². The minimum Gasteiger partial charge on any atom is -0.308 e. The first-order valence-corrected chi connectivity index (χ1v) is 7.82. The second-order valence-electron chi connectivity index (χ2n) is 5.43. The molecule has 1 amide bonds. The predicted molar refractivity (Wildman–Crippen MR) is 90.4 cm³/mol. The largest absolute Gasteiger partial charge is 0.308 e. The number of carbonyl (C=O) groups is 1. The van der Waals surface area contributed by atoms with Crippen LogP contribution in [0.5, 0.6) is 0 Å². The van der Waals surface area contributed by atoms with Gasteiger partial charge in [-0.15, -0.1) is 0 Å². The Hall–Kier alpha value is -2.59. The summed E-state index contributed by atoms with van der Waals surface area (Å²) in [5.74, 6) is -0.109. The van der Waals surface area contributed by atoms with Gasteiger partial charge in [-0.3, -0.25) is 4.79 Å². The second-order valence-corrected chi connectivity index (χ2v) is 5.79. The summed E-state index contributed by atoms with van der Waals surface area (Å²) in [5.41, 5.74) is 3.40. The van der Waals surface area contributed by atoms with Crippen molar-refractivity contribution in [2.75, 3.05) is 11.4 Å². The molecule has 0 saturated heterocycles. The highest BCUT2D eigenvalue weighted by atomic mass is 35.5. The van der Waals surface area contributed by atoms with Crippen molar-refractivity contribution in [1.82, 2.24) is 9.78 Å². The average Bonchev–Trinajstić information content (AvgIpc) is 3.19. The van der Waals surface area contributed by atoms with Gasteiger partial charge in [0, 0.05) is 12.2 Å². The van der Waals surface area contributed by atoms with E-state index in [0.29, 0.717) is 17.3 Å². The van der Waals surface area contributed by atoms with E-state index in [1.807, 2.05) is 48.5 Å². The zero-order valence-electron chi connectivity index (χ0n) is 12.3. The van der Waals surface area contributed by atoms with E-state index in [1.54, 1.807) is 15.8 Å². The first kappa shape index (κ1) is 14.0. The Morgan fingerprint density at radius 1 is 1.04 bits per heavy atom. The van der Waals surface area contributed by atoms with Gasteiger partial charge in [0.2, 0.25) is 0 Å². The van der Waals surface area contributed by atoms with Crippen LogP contribution in [0.15, 0.2) is 60.8 Å². The van der Waals surface area contributed by atoms with Crippen molar-refractivity contribution in [2.24, 2.45) is 0 Å². The molecule has 0 aliphatic carbocycles. The summed E-state index contributed by atoms with van der Waals surface area (Å²) in [4.78, 5) is 14.6. The number of anilines is 1. The molecule has 1 aliphatic heterocycles. The van der Waals surface area contributed by atoms with Gasteiger partial charge in [0.15, 0.2) is 0 Å². The number of benzene rings is 2. The molecule has 4 rings (SSSR count). The summed E-state index contributed by atoms with van der Waals surface area (Å²) in [6.45, 7) is 0.672. The van der Waals surface area contributed by atoms with Gasteiger partial charge in [-0.25, -0.2) is 4.68 Å². The van der Waals surface area contributed by atoms with E-state index in [4.69, 9.17) is 11.6 Å². The van der Waals surface area contributed by atoms with Gasteiger partial charge in [-0.2, -0.15) is 5.10 Å². The minimum atomic E-state index is -0.109. The van der Waals surface area contributed by atoms with Gasteiger partial charge in [0.1, 0.15) is 5.15 Å². The SMILES string of the molecule is O=C(c1cnn(-c2ccccc2)c1Cl)N1CCc2ccccc21. The highest BCUT2D eigenvalue weighted by Crippen LogP contribution is 2.30. The minimum absolute atomic E-state index is 0.109. The van der Waals surface area contributed by atoms with Gasteiger partial charge < -0.3 is 4.90 Å². The summed E-state index contributed by atoms with van der Waals surface area (Å²) in [6, 6.07) is 17.5. The van der Waals surface area contributed by atoms with E-state index in [-0.39, 0.29) is 5.91 Å². The van der Waals surface area contributed by atoms with Crippen molar-refractivity contribution in [3.63, 3.8) is 0 Å². The third kappa shape index (κ3) is 2.32. The van der Waals surface area contributed by atoms with Crippen molar-refractivity contribution in [3.05, 3.63) is 77.1 Å². The topological polar surface area (TPSA) is 38.1 Å². The zero-order valence-corrected chi connectivity index (χ0v) is 13.1. The molecule has 0 bridgehead atoms. The maximum absolute atomic E-state index is 12.9. The van der Waals surface area contributed by atoms with Gasteiger partial charge >= 0.3 is 0 Å². The van der Waals surface area contributed by atoms with Crippen LogP contribution < -0.4 is 4.90 Å². The normalized spacial score (nSPS) is 13.2. The summed E-state index contributed by atoms with van der Waals surface area (Å²) in [7, 11) is 0. The van der Waals surface area contributed by atoms with Crippen LogP contribution in [0.3, 0.4) is 0 Å². The standard InChI is InChI=1S/C18H14ClN3O/c19-17-15(12-20-22(17)14-7-2-1-3-8-14)18(23)21-11-10-13-6-4-5-9-16(13)21/h1-9,12H,10-11H2. The molecule has 0 unspecified atom stereocenters. The molecule has 0 fully saturated rings. The number of aromatic nitrogens is 2. The number of fused-ring (bicyclic) bond motifs is 1. The summed E-state index contributed by atoms with van der Waals surface area (Å²) in [6.07, 6.45) is 2.41. The number of hydrogen-bond acceptors (Lipinski definition) is 2. The number of carbonyl (C=O) groups excluding carboxylic acids is 1. The van der Waals surface area contributed by atoms with Crippen molar-refractivity contribution in [3.8, 4) is 5.69 Å². The zero-order chi connectivity index (χ0) is 15.8. The van der Waals surface area contributed by atoms with Gasteiger partial charge in [0.05, 0.1) is 17.4 Å². The van der Waals surface area contributed by atoms with Crippen molar-refractivity contribution in [2.45, 2.75) is 6.42 Å². The van der Waals surface area contributed by atoms with Crippen LogP contribution in [0.25, 0.3) is 5.69 Å². The van der Waals surface area contributed by atoms with Crippen molar-refractivity contribution in [1.29, 1.82) is 0 Å². The molecule has 23 heavy (non-hydrogen) atoms. The molecule has 2 aromatic carbocycles. The quantitative estimate of drug-likeness (QED) is 0.720. The molecule has 1 aliphatic rings. The van der Waals surface area contributed by atoms with E-state index in [2.05, 4.69) is 11.2 Å². The number of para-hydroxylation sites is 2. The lowest BCUT2D eigenvalue weighted by molar-refractivity contribution is 0.0989. The molecule has 114 valence electrons. The van der Waals surface area contributed by atoms with Crippen LogP contribution in [0.1, 0.15) is 15.9 Å². The van der Waals surface area contributed by atoms with E-state index < -0.39 is 0 Å². The highest BCUT2D eigenvalue weighted by molar-refractivity contribution is 6.33. The van der Waals surface area contributed by atoms with Crippen molar-refractivity contribution < 1.29 is 4.79 Å². The monoisotopic (exact) mass is 323 g/mol. The third-order valence-electron chi connectivity index (χ3n) is 4.07. The summed E-state index contributed by atoms with van der Waals surface area (Å²) >= 11 is 6.41. The van der Waals surface area contributed by atoms with Crippen LogP contribution in [-0.2, 0) is 6.42 Å². The van der Waals surface area contributed by atoms with Crippen LogP contribution in [-0.4, -0.2) is 22.2 Å². The second kappa shape index (κ2) is 5.56. The fourth-order valence-electron chi connectivity index (χ4n) is 2.92. The Balaban J connectivity index is 1.70. The number of nitrogens with zero attached hydrogens (tertiary/aromatic N) is 3. The number of rotatable bonds is 2. The molecular formula is C18H14ClN3O. The Bertz CT molecular complexity index is 873. The fraction of sp³-hybridized carbons (Fsp3) is 0.111. The summed E-state index contributed by atoms with van der Waals surface area (Å²) < 4.78 is 1.58. The molecular weight excluding hydrogens is 310 g/mol. The fourth-order valence-corrected chi connectivity index (χ4v) is 3.19. The molecule has 0 radical (unpaired) electrons. The van der Waals surface area contributed by atoms with E-state index >= 15 is 0 Å². The molecule has 0 N–H and O–H groups in total. The lowest BCUT2D eigenvalue weighted by atomic mass is 10.2. The smallest absolute Gasteiger partial charge is 0.263 e. The predicted octanol–water partition coefficient (Wildman–Crippen LogP) is 3.73. The van der Waals surface area contributed by atoms with Crippen LogP contribution >= 0.6 is 11.6 Å². The Morgan fingerprint density at radius 2 is 1.78 bits per heavy atom. The van der Waals surface area contributed by atoms with Crippen LogP contribution in [0, 0.1) is 0 Å². The molecule has 5 heteroatoms.